The van der Waals surface area contributed by atoms with Crippen LogP contribution in [-0.4, -0.2) is 19.8 Å². The molecule has 2 nitrogen and oxygen atoms in total. The van der Waals surface area contributed by atoms with E-state index < -0.39 is 0 Å². The van der Waals surface area contributed by atoms with Gasteiger partial charge in [-0.05, 0) is 41.8 Å². The van der Waals surface area contributed by atoms with Gasteiger partial charge in [0.1, 0.15) is 0 Å². The van der Waals surface area contributed by atoms with Crippen LogP contribution >= 0.6 is 0 Å². The van der Waals surface area contributed by atoms with Gasteiger partial charge in [0, 0.05) is 7.11 Å². The fourth-order valence-corrected chi connectivity index (χ4v) is 2.70. The van der Waals surface area contributed by atoms with E-state index in [1.807, 2.05) is 0 Å². The summed E-state index contributed by atoms with van der Waals surface area (Å²) in [6.07, 6.45) is 2.34. The first-order chi connectivity index (χ1) is 9.80. The van der Waals surface area contributed by atoms with Crippen LogP contribution in [0.1, 0.15) is 38.3 Å². The number of benzene rings is 2. The van der Waals surface area contributed by atoms with Gasteiger partial charge in [-0.2, -0.15) is 0 Å². The Morgan fingerprint density at radius 2 is 1.80 bits per heavy atom. The lowest BCUT2D eigenvalue weighted by molar-refractivity contribution is 0.0651. The second kappa shape index (κ2) is 7.41. The van der Waals surface area contributed by atoms with Crippen molar-refractivity contribution in [3.05, 3.63) is 48.0 Å². The Morgan fingerprint density at radius 3 is 2.45 bits per heavy atom. The van der Waals surface area contributed by atoms with Crippen LogP contribution in [0, 0.1) is 0 Å². The average Bonchev–Trinajstić information content (AvgIpc) is 2.51. The summed E-state index contributed by atoms with van der Waals surface area (Å²) in [6.45, 7) is 5.38. The lowest BCUT2D eigenvalue weighted by Gasteiger charge is -2.27. The molecule has 0 aliphatic carbocycles. The molecule has 2 atom stereocenters. The highest BCUT2D eigenvalue weighted by atomic mass is 16.5. The molecule has 0 aliphatic heterocycles. The van der Waals surface area contributed by atoms with E-state index in [4.69, 9.17) is 4.74 Å². The van der Waals surface area contributed by atoms with Crippen molar-refractivity contribution < 1.29 is 4.74 Å². The second-order valence-corrected chi connectivity index (χ2v) is 5.22. The molecular formula is C18H25NO. The standard InChI is InChI=1S/C18H25NO/c1-4-12-19-18(17(5-2)20-3)16-11-10-14-8-6-7-9-15(14)13-16/h6-11,13,17-19H,4-5,12H2,1-3H3. The third kappa shape index (κ3) is 3.38. The Bertz CT molecular complexity index is 534. The smallest absolute Gasteiger partial charge is 0.0763 e. The molecule has 0 heterocycles. The lowest BCUT2D eigenvalue weighted by Crippen LogP contribution is -2.33. The molecule has 0 amide bonds. The zero-order chi connectivity index (χ0) is 14.4. The fraction of sp³-hybridized carbons (Fsp3) is 0.444. The van der Waals surface area contributed by atoms with Gasteiger partial charge in [-0.15, -0.1) is 0 Å². The molecule has 0 saturated carbocycles. The Hall–Kier alpha value is -1.38. The van der Waals surface area contributed by atoms with Gasteiger partial charge in [0.05, 0.1) is 12.1 Å². The molecule has 2 aromatic rings. The Labute approximate surface area is 122 Å². The van der Waals surface area contributed by atoms with E-state index in [0.29, 0.717) is 0 Å². The van der Waals surface area contributed by atoms with Crippen LogP contribution in [0.3, 0.4) is 0 Å². The van der Waals surface area contributed by atoms with Crippen LogP contribution in [0.4, 0.5) is 0 Å². The van der Waals surface area contributed by atoms with E-state index in [9.17, 15) is 0 Å². The zero-order valence-electron chi connectivity index (χ0n) is 12.7. The molecule has 20 heavy (non-hydrogen) atoms. The summed E-state index contributed by atoms with van der Waals surface area (Å²) in [5.74, 6) is 0. The molecule has 0 spiro atoms. The highest BCUT2D eigenvalue weighted by molar-refractivity contribution is 5.83. The van der Waals surface area contributed by atoms with Crippen molar-refractivity contribution in [1.29, 1.82) is 0 Å². The van der Waals surface area contributed by atoms with Gasteiger partial charge in [0.15, 0.2) is 0 Å². The Morgan fingerprint density at radius 1 is 1.05 bits per heavy atom. The second-order valence-electron chi connectivity index (χ2n) is 5.22. The third-order valence-electron chi connectivity index (χ3n) is 3.82. The lowest BCUT2D eigenvalue weighted by atomic mass is 9.96. The van der Waals surface area contributed by atoms with E-state index in [1.54, 1.807) is 7.11 Å². The van der Waals surface area contributed by atoms with E-state index >= 15 is 0 Å². The summed E-state index contributed by atoms with van der Waals surface area (Å²) in [5.41, 5.74) is 1.31. The molecule has 2 rings (SSSR count). The maximum absolute atomic E-state index is 5.66. The summed E-state index contributed by atoms with van der Waals surface area (Å²) in [5, 5.41) is 6.21. The highest BCUT2D eigenvalue weighted by Crippen LogP contribution is 2.25. The van der Waals surface area contributed by atoms with Crippen molar-refractivity contribution in [2.75, 3.05) is 13.7 Å². The Kier molecular flexibility index (Phi) is 5.57. The van der Waals surface area contributed by atoms with Crippen LogP contribution in [-0.2, 0) is 4.74 Å². The van der Waals surface area contributed by atoms with Crippen LogP contribution in [0.2, 0.25) is 0 Å². The average molecular weight is 271 g/mol. The molecule has 2 heteroatoms. The van der Waals surface area contributed by atoms with E-state index in [1.165, 1.54) is 16.3 Å². The molecule has 1 N–H and O–H groups in total. The van der Waals surface area contributed by atoms with Crippen molar-refractivity contribution in [3.63, 3.8) is 0 Å². The number of fused-ring (bicyclic) bond motifs is 1. The molecule has 0 radical (unpaired) electrons. The minimum absolute atomic E-state index is 0.211. The van der Waals surface area contributed by atoms with Crippen molar-refractivity contribution in [2.24, 2.45) is 0 Å². The molecule has 108 valence electrons. The summed E-state index contributed by atoms with van der Waals surface area (Å²) in [7, 11) is 1.80. The van der Waals surface area contributed by atoms with Crippen molar-refractivity contribution >= 4 is 10.8 Å². The van der Waals surface area contributed by atoms with Gasteiger partial charge < -0.3 is 10.1 Å². The van der Waals surface area contributed by atoms with Crippen LogP contribution in [0.15, 0.2) is 42.5 Å². The first-order valence-corrected chi connectivity index (χ1v) is 7.55. The van der Waals surface area contributed by atoms with Gasteiger partial charge in [-0.3, -0.25) is 0 Å². The predicted molar refractivity (Wildman–Crippen MR) is 86.1 cm³/mol. The van der Waals surface area contributed by atoms with Gasteiger partial charge in [0.25, 0.3) is 0 Å². The van der Waals surface area contributed by atoms with Crippen LogP contribution < -0.4 is 5.32 Å². The highest BCUT2D eigenvalue weighted by Gasteiger charge is 2.20. The number of nitrogens with one attached hydrogen (secondary N) is 1. The Balaban J connectivity index is 2.33. The summed E-state index contributed by atoms with van der Waals surface area (Å²) >= 11 is 0. The normalized spacial score (nSPS) is 14.3. The topological polar surface area (TPSA) is 21.3 Å². The minimum Gasteiger partial charge on any atom is -0.379 e. The zero-order valence-corrected chi connectivity index (χ0v) is 12.7. The van der Waals surface area contributed by atoms with E-state index in [0.717, 1.165) is 19.4 Å². The number of ether oxygens (including phenoxy) is 1. The number of methoxy groups -OCH3 is 1. The first kappa shape index (κ1) is 15.0. The maximum Gasteiger partial charge on any atom is 0.0763 e. The quantitative estimate of drug-likeness (QED) is 0.810. The molecule has 0 bridgehead atoms. The van der Waals surface area contributed by atoms with Crippen molar-refractivity contribution in [1.82, 2.24) is 5.32 Å². The molecule has 0 fully saturated rings. The minimum atomic E-state index is 0.211. The van der Waals surface area contributed by atoms with E-state index in [-0.39, 0.29) is 12.1 Å². The molecular weight excluding hydrogens is 246 g/mol. The summed E-state index contributed by atoms with van der Waals surface area (Å²) < 4.78 is 5.66. The largest absolute Gasteiger partial charge is 0.379 e. The first-order valence-electron chi connectivity index (χ1n) is 7.55. The van der Waals surface area contributed by atoms with Gasteiger partial charge in [0.2, 0.25) is 0 Å². The van der Waals surface area contributed by atoms with Crippen molar-refractivity contribution in [3.8, 4) is 0 Å². The summed E-state index contributed by atoms with van der Waals surface area (Å²) in [4.78, 5) is 0. The number of hydrogen-bond donors (Lipinski definition) is 1. The SMILES string of the molecule is CCCNC(c1ccc2ccccc2c1)C(CC)OC. The van der Waals surface area contributed by atoms with Gasteiger partial charge in [-0.25, -0.2) is 0 Å². The monoisotopic (exact) mass is 271 g/mol. The maximum atomic E-state index is 5.66. The molecule has 2 unspecified atom stereocenters. The van der Waals surface area contributed by atoms with E-state index in [2.05, 4.69) is 61.6 Å². The van der Waals surface area contributed by atoms with Gasteiger partial charge >= 0.3 is 0 Å². The van der Waals surface area contributed by atoms with Gasteiger partial charge in [-0.1, -0.05) is 50.2 Å². The molecule has 2 aromatic carbocycles. The van der Waals surface area contributed by atoms with Crippen LogP contribution in [0.25, 0.3) is 10.8 Å². The fourth-order valence-electron chi connectivity index (χ4n) is 2.70. The molecule has 0 aliphatic rings. The third-order valence-corrected chi connectivity index (χ3v) is 3.82. The number of hydrogen-bond acceptors (Lipinski definition) is 2. The number of rotatable bonds is 7. The van der Waals surface area contributed by atoms with Crippen molar-refractivity contribution in [2.45, 2.75) is 38.8 Å². The summed E-state index contributed by atoms with van der Waals surface area (Å²) in [6, 6.07) is 15.5. The van der Waals surface area contributed by atoms with Crippen LogP contribution in [0.5, 0.6) is 0 Å². The molecule has 0 aromatic heterocycles. The molecule has 0 saturated heterocycles. The predicted octanol–water partition coefficient (Wildman–Crippen LogP) is 4.31.